The molecule has 1 aliphatic rings. The Morgan fingerprint density at radius 1 is 1.42 bits per heavy atom. The lowest BCUT2D eigenvalue weighted by Crippen LogP contribution is -2.48. The van der Waals surface area contributed by atoms with Crippen molar-refractivity contribution in [1.29, 1.82) is 0 Å². The van der Waals surface area contributed by atoms with Gasteiger partial charge >= 0.3 is 6.39 Å². The second-order valence-corrected chi connectivity index (χ2v) is 4.61. The van der Waals surface area contributed by atoms with Gasteiger partial charge in [-0.05, 0) is 12.8 Å². The molecule has 0 N–H and O–H groups in total. The van der Waals surface area contributed by atoms with Crippen LogP contribution in [0.5, 0.6) is 0 Å². The minimum Gasteiger partial charge on any atom is -0.409 e. The highest BCUT2D eigenvalue weighted by atomic mass is 16.3. The number of oxazole rings is 1. The molecule has 0 spiro atoms. The molecule has 12 heavy (non-hydrogen) atoms. The molecule has 0 saturated heterocycles. The van der Waals surface area contributed by atoms with Gasteiger partial charge in [-0.1, -0.05) is 0 Å². The maximum atomic E-state index is 5.48. The van der Waals surface area contributed by atoms with E-state index in [2.05, 4.69) is 31.5 Å². The molecule has 1 aliphatic carbocycles. The summed E-state index contributed by atoms with van der Waals surface area (Å²) in [5.74, 6) is 1.87. The monoisotopic (exact) mass is 166 g/mol. The van der Waals surface area contributed by atoms with Crippen molar-refractivity contribution in [2.24, 2.45) is 0 Å². The predicted molar refractivity (Wildman–Crippen MR) is 45.9 cm³/mol. The molecule has 66 valence electrons. The van der Waals surface area contributed by atoms with Crippen molar-refractivity contribution >= 4 is 0 Å². The van der Waals surface area contributed by atoms with E-state index in [1.54, 1.807) is 0 Å². The van der Waals surface area contributed by atoms with Crippen LogP contribution in [0.4, 0.5) is 0 Å². The van der Waals surface area contributed by atoms with Crippen molar-refractivity contribution in [1.82, 2.24) is 0 Å². The average Bonchev–Trinajstić information content (AvgIpc) is 2.66. The summed E-state index contributed by atoms with van der Waals surface area (Å²) in [4.78, 5) is 0. The number of rotatable bonds is 1. The molecule has 1 aromatic rings. The van der Waals surface area contributed by atoms with Crippen LogP contribution in [0.1, 0.15) is 45.3 Å². The van der Waals surface area contributed by atoms with E-state index in [-0.39, 0.29) is 5.54 Å². The number of hydrogen-bond acceptors (Lipinski definition) is 1. The van der Waals surface area contributed by atoms with Crippen molar-refractivity contribution in [3.63, 3.8) is 0 Å². The van der Waals surface area contributed by atoms with Crippen LogP contribution in [-0.4, -0.2) is 0 Å². The molecule has 0 bridgehead atoms. The van der Waals surface area contributed by atoms with Crippen LogP contribution in [0.2, 0.25) is 0 Å². The first-order chi connectivity index (χ1) is 5.57. The van der Waals surface area contributed by atoms with Crippen LogP contribution in [0.15, 0.2) is 17.0 Å². The first-order valence-electron chi connectivity index (χ1n) is 4.57. The summed E-state index contributed by atoms with van der Waals surface area (Å²) < 4.78 is 7.62. The SMILES string of the molecule is CC(C)(C)[n+]1coc(C2CC2)c1. The van der Waals surface area contributed by atoms with Crippen LogP contribution in [-0.2, 0) is 5.54 Å². The van der Waals surface area contributed by atoms with E-state index in [9.17, 15) is 0 Å². The third-order valence-electron chi connectivity index (χ3n) is 2.32. The zero-order valence-corrected chi connectivity index (χ0v) is 8.00. The fraction of sp³-hybridized carbons (Fsp3) is 0.700. The second kappa shape index (κ2) is 2.35. The number of aromatic nitrogens is 1. The Morgan fingerprint density at radius 2 is 2.08 bits per heavy atom. The third-order valence-corrected chi connectivity index (χ3v) is 2.32. The summed E-state index contributed by atoms with van der Waals surface area (Å²) >= 11 is 0. The van der Waals surface area contributed by atoms with E-state index in [0.29, 0.717) is 5.92 Å². The van der Waals surface area contributed by atoms with Crippen LogP contribution in [0.25, 0.3) is 0 Å². The lowest BCUT2D eigenvalue weighted by molar-refractivity contribution is -0.756. The van der Waals surface area contributed by atoms with Crippen LogP contribution >= 0.6 is 0 Å². The van der Waals surface area contributed by atoms with Gasteiger partial charge in [-0.25, -0.2) is 0 Å². The molecule has 1 saturated carbocycles. The lowest BCUT2D eigenvalue weighted by Gasteiger charge is -2.07. The summed E-state index contributed by atoms with van der Waals surface area (Å²) in [5.41, 5.74) is 0.149. The van der Waals surface area contributed by atoms with E-state index in [1.807, 2.05) is 6.39 Å². The van der Waals surface area contributed by atoms with Crippen molar-refractivity contribution in [2.75, 3.05) is 0 Å². The number of nitrogens with zero attached hydrogens (tertiary/aromatic N) is 1. The van der Waals surface area contributed by atoms with E-state index in [4.69, 9.17) is 4.42 Å². The lowest BCUT2D eigenvalue weighted by atomic mass is 10.1. The predicted octanol–water partition coefficient (Wildman–Crippen LogP) is 2.20. The molecule has 0 amide bonds. The molecule has 1 aromatic heterocycles. The minimum atomic E-state index is 0.149. The molecule has 0 radical (unpaired) electrons. The van der Waals surface area contributed by atoms with E-state index >= 15 is 0 Å². The van der Waals surface area contributed by atoms with Crippen molar-refractivity contribution in [2.45, 2.75) is 45.1 Å². The Kier molecular flexibility index (Phi) is 1.53. The highest BCUT2D eigenvalue weighted by molar-refractivity contribution is 5.04. The zero-order valence-electron chi connectivity index (χ0n) is 8.00. The fourth-order valence-corrected chi connectivity index (χ4v) is 1.24. The van der Waals surface area contributed by atoms with E-state index < -0.39 is 0 Å². The smallest absolute Gasteiger partial charge is 0.335 e. The van der Waals surface area contributed by atoms with Gasteiger partial charge in [-0.3, -0.25) is 0 Å². The molecule has 0 aliphatic heterocycles. The standard InChI is InChI=1S/C10H16NO/c1-10(2,3)11-6-9(12-7-11)8-4-5-8/h6-8H,4-5H2,1-3H3/q+1. The molecule has 2 heteroatoms. The molecule has 2 nitrogen and oxygen atoms in total. The van der Waals surface area contributed by atoms with Crippen LogP contribution in [0, 0.1) is 0 Å². The first-order valence-corrected chi connectivity index (χ1v) is 4.57. The van der Waals surface area contributed by atoms with E-state index in [1.165, 1.54) is 12.8 Å². The van der Waals surface area contributed by atoms with Gasteiger partial charge in [0, 0.05) is 26.7 Å². The Bertz CT molecular complexity index is 278. The van der Waals surface area contributed by atoms with Gasteiger partial charge in [0.1, 0.15) is 0 Å². The normalized spacial score (nSPS) is 18.2. The summed E-state index contributed by atoms with van der Waals surface area (Å²) in [7, 11) is 0. The Labute approximate surface area is 73.2 Å². The van der Waals surface area contributed by atoms with Gasteiger partial charge in [0.15, 0.2) is 11.3 Å². The summed E-state index contributed by atoms with van der Waals surface area (Å²) in [5, 5.41) is 0. The quantitative estimate of drug-likeness (QED) is 0.584. The molecule has 1 fully saturated rings. The largest absolute Gasteiger partial charge is 0.409 e. The van der Waals surface area contributed by atoms with Gasteiger partial charge in [0.05, 0.1) is 0 Å². The average molecular weight is 166 g/mol. The highest BCUT2D eigenvalue weighted by Gasteiger charge is 2.32. The Balaban J connectivity index is 2.23. The van der Waals surface area contributed by atoms with Gasteiger partial charge in [0.2, 0.25) is 6.20 Å². The maximum absolute atomic E-state index is 5.48. The Morgan fingerprint density at radius 3 is 2.50 bits per heavy atom. The van der Waals surface area contributed by atoms with Crippen molar-refractivity contribution in [3.8, 4) is 0 Å². The first kappa shape index (κ1) is 7.84. The van der Waals surface area contributed by atoms with Crippen LogP contribution < -0.4 is 4.57 Å². The van der Waals surface area contributed by atoms with Gasteiger partial charge < -0.3 is 4.42 Å². The molecule has 1 heterocycles. The van der Waals surface area contributed by atoms with Gasteiger partial charge in [-0.15, -0.1) is 0 Å². The highest BCUT2D eigenvalue weighted by Crippen LogP contribution is 2.39. The van der Waals surface area contributed by atoms with Crippen LogP contribution in [0.3, 0.4) is 0 Å². The third kappa shape index (κ3) is 1.38. The molecule has 0 unspecified atom stereocenters. The summed E-state index contributed by atoms with van der Waals surface area (Å²) in [6.45, 7) is 6.54. The summed E-state index contributed by atoms with van der Waals surface area (Å²) in [6.07, 6.45) is 6.57. The minimum absolute atomic E-state index is 0.149. The fourth-order valence-electron chi connectivity index (χ4n) is 1.24. The summed E-state index contributed by atoms with van der Waals surface area (Å²) in [6, 6.07) is 0. The topological polar surface area (TPSA) is 17.0 Å². The van der Waals surface area contributed by atoms with E-state index in [0.717, 1.165) is 5.76 Å². The second-order valence-electron chi connectivity index (χ2n) is 4.61. The Hall–Kier alpha value is -0.790. The van der Waals surface area contributed by atoms with Crippen molar-refractivity contribution < 1.29 is 8.98 Å². The molecule has 0 atom stereocenters. The molecular weight excluding hydrogens is 150 g/mol. The van der Waals surface area contributed by atoms with Crippen molar-refractivity contribution in [3.05, 3.63) is 18.4 Å². The molecule has 0 aromatic carbocycles. The zero-order chi connectivity index (χ0) is 8.77. The maximum Gasteiger partial charge on any atom is 0.335 e. The van der Waals surface area contributed by atoms with Gasteiger partial charge in [0.25, 0.3) is 0 Å². The number of hydrogen-bond donors (Lipinski definition) is 0. The molecular formula is C10H16NO+. The van der Waals surface area contributed by atoms with Gasteiger partial charge in [-0.2, -0.15) is 4.57 Å². The molecule has 2 rings (SSSR count).